The monoisotopic (exact) mass is 243 g/mol. The SMILES string of the molecule is CNc1cncc(C(=O)Nc2cncc(C)c2)n1. The Kier molecular flexibility index (Phi) is 3.47. The van der Waals surface area contributed by atoms with Crippen LogP contribution in [0.25, 0.3) is 0 Å². The second-order valence-corrected chi connectivity index (χ2v) is 3.74. The number of nitrogens with zero attached hydrogens (tertiary/aromatic N) is 3. The molecule has 2 rings (SSSR count). The predicted octanol–water partition coefficient (Wildman–Crippen LogP) is 1.47. The number of carbonyl (C=O) groups is 1. The number of nitrogens with one attached hydrogen (secondary N) is 2. The maximum Gasteiger partial charge on any atom is 0.275 e. The zero-order valence-electron chi connectivity index (χ0n) is 10.1. The zero-order valence-corrected chi connectivity index (χ0v) is 10.1. The number of carbonyl (C=O) groups excluding carboxylic acids is 1. The summed E-state index contributed by atoms with van der Waals surface area (Å²) in [6, 6.07) is 1.83. The minimum absolute atomic E-state index is 0.253. The van der Waals surface area contributed by atoms with Crippen molar-refractivity contribution in [3.63, 3.8) is 0 Å². The molecule has 0 fully saturated rings. The Morgan fingerprint density at radius 1 is 1.17 bits per heavy atom. The van der Waals surface area contributed by atoms with Gasteiger partial charge in [-0.3, -0.25) is 14.8 Å². The maximum absolute atomic E-state index is 11.9. The zero-order chi connectivity index (χ0) is 13.0. The van der Waals surface area contributed by atoms with Crippen molar-refractivity contribution in [3.05, 3.63) is 42.1 Å². The molecule has 1 amide bonds. The molecule has 92 valence electrons. The molecule has 2 aromatic heterocycles. The van der Waals surface area contributed by atoms with E-state index in [1.807, 2.05) is 13.0 Å². The molecule has 0 spiro atoms. The lowest BCUT2D eigenvalue weighted by Gasteiger charge is -2.05. The van der Waals surface area contributed by atoms with Crippen molar-refractivity contribution in [2.24, 2.45) is 0 Å². The van der Waals surface area contributed by atoms with Crippen LogP contribution in [-0.2, 0) is 0 Å². The van der Waals surface area contributed by atoms with Crippen molar-refractivity contribution >= 4 is 17.4 Å². The fourth-order valence-corrected chi connectivity index (χ4v) is 1.41. The van der Waals surface area contributed by atoms with E-state index in [4.69, 9.17) is 0 Å². The van der Waals surface area contributed by atoms with Crippen LogP contribution in [0, 0.1) is 6.92 Å². The van der Waals surface area contributed by atoms with Crippen LogP contribution in [-0.4, -0.2) is 27.9 Å². The highest BCUT2D eigenvalue weighted by atomic mass is 16.1. The average Bonchev–Trinajstić information content (AvgIpc) is 2.39. The van der Waals surface area contributed by atoms with Gasteiger partial charge < -0.3 is 10.6 Å². The number of hydrogen-bond donors (Lipinski definition) is 2. The molecule has 6 heteroatoms. The summed E-state index contributed by atoms with van der Waals surface area (Å²) in [5.41, 5.74) is 1.86. The lowest BCUT2D eigenvalue weighted by Crippen LogP contribution is -2.15. The number of hydrogen-bond acceptors (Lipinski definition) is 5. The van der Waals surface area contributed by atoms with Crippen LogP contribution < -0.4 is 10.6 Å². The first kappa shape index (κ1) is 12.0. The Bertz CT molecular complexity index is 570. The van der Waals surface area contributed by atoms with E-state index in [-0.39, 0.29) is 11.6 Å². The van der Waals surface area contributed by atoms with Crippen molar-refractivity contribution in [1.29, 1.82) is 0 Å². The highest BCUT2D eigenvalue weighted by Gasteiger charge is 2.09. The number of pyridine rings is 1. The fraction of sp³-hybridized carbons (Fsp3) is 0.167. The summed E-state index contributed by atoms with van der Waals surface area (Å²) in [6.45, 7) is 1.91. The molecule has 0 saturated carbocycles. The molecule has 0 unspecified atom stereocenters. The van der Waals surface area contributed by atoms with Crippen LogP contribution in [0.4, 0.5) is 11.5 Å². The van der Waals surface area contributed by atoms with Gasteiger partial charge in [0, 0.05) is 13.2 Å². The van der Waals surface area contributed by atoms with Crippen LogP contribution in [0.1, 0.15) is 16.1 Å². The molecule has 0 aliphatic heterocycles. The van der Waals surface area contributed by atoms with E-state index in [0.29, 0.717) is 11.5 Å². The van der Waals surface area contributed by atoms with Crippen LogP contribution in [0.2, 0.25) is 0 Å². The Morgan fingerprint density at radius 3 is 2.67 bits per heavy atom. The first-order chi connectivity index (χ1) is 8.69. The quantitative estimate of drug-likeness (QED) is 0.853. The van der Waals surface area contributed by atoms with Gasteiger partial charge in [0.1, 0.15) is 11.5 Å². The molecule has 6 nitrogen and oxygen atoms in total. The van der Waals surface area contributed by atoms with Gasteiger partial charge in [-0.15, -0.1) is 0 Å². The summed E-state index contributed by atoms with van der Waals surface area (Å²) < 4.78 is 0. The molecule has 0 aliphatic rings. The van der Waals surface area contributed by atoms with Gasteiger partial charge in [0.25, 0.3) is 5.91 Å². The number of aromatic nitrogens is 3. The van der Waals surface area contributed by atoms with Gasteiger partial charge in [0.2, 0.25) is 0 Å². The maximum atomic E-state index is 11.9. The molecule has 2 N–H and O–H groups in total. The molecule has 2 heterocycles. The molecular weight excluding hydrogens is 230 g/mol. The smallest absolute Gasteiger partial charge is 0.275 e. The minimum Gasteiger partial charge on any atom is -0.372 e. The van der Waals surface area contributed by atoms with Crippen molar-refractivity contribution in [1.82, 2.24) is 15.0 Å². The average molecular weight is 243 g/mol. The number of aryl methyl sites for hydroxylation is 1. The van der Waals surface area contributed by atoms with E-state index in [1.54, 1.807) is 25.6 Å². The van der Waals surface area contributed by atoms with Crippen LogP contribution in [0.5, 0.6) is 0 Å². The normalized spacial score (nSPS) is 9.89. The van der Waals surface area contributed by atoms with Gasteiger partial charge in [-0.25, -0.2) is 4.98 Å². The lowest BCUT2D eigenvalue weighted by molar-refractivity contribution is 0.102. The molecule has 0 atom stereocenters. The van der Waals surface area contributed by atoms with Gasteiger partial charge in [-0.05, 0) is 18.6 Å². The first-order valence-corrected chi connectivity index (χ1v) is 5.42. The summed E-state index contributed by atoms with van der Waals surface area (Å²) in [7, 11) is 1.72. The number of rotatable bonds is 3. The van der Waals surface area contributed by atoms with Crippen LogP contribution >= 0.6 is 0 Å². The highest BCUT2D eigenvalue weighted by molar-refractivity contribution is 6.02. The summed E-state index contributed by atoms with van der Waals surface area (Å²) in [4.78, 5) is 24.0. The molecule has 0 aromatic carbocycles. The third kappa shape index (κ3) is 2.79. The third-order valence-corrected chi connectivity index (χ3v) is 2.26. The van der Waals surface area contributed by atoms with Gasteiger partial charge in [-0.2, -0.15) is 0 Å². The lowest BCUT2D eigenvalue weighted by atomic mass is 10.3. The summed E-state index contributed by atoms with van der Waals surface area (Å²) in [6.07, 6.45) is 6.27. The molecular formula is C12H13N5O. The van der Waals surface area contributed by atoms with Crippen molar-refractivity contribution < 1.29 is 4.79 Å². The van der Waals surface area contributed by atoms with E-state index >= 15 is 0 Å². The summed E-state index contributed by atoms with van der Waals surface area (Å²) in [5, 5.41) is 5.55. The highest BCUT2D eigenvalue weighted by Crippen LogP contribution is 2.09. The predicted molar refractivity (Wildman–Crippen MR) is 68.5 cm³/mol. The minimum atomic E-state index is -0.313. The Balaban J connectivity index is 2.16. The Labute approximate surface area is 105 Å². The molecule has 2 aromatic rings. The van der Waals surface area contributed by atoms with E-state index in [1.165, 1.54) is 6.20 Å². The molecule has 0 aliphatic carbocycles. The van der Waals surface area contributed by atoms with Crippen molar-refractivity contribution in [2.75, 3.05) is 17.7 Å². The second-order valence-electron chi connectivity index (χ2n) is 3.74. The fourth-order valence-electron chi connectivity index (χ4n) is 1.41. The van der Waals surface area contributed by atoms with Gasteiger partial charge >= 0.3 is 0 Å². The first-order valence-electron chi connectivity index (χ1n) is 5.42. The largest absolute Gasteiger partial charge is 0.372 e. The molecule has 0 radical (unpaired) electrons. The standard InChI is InChI=1S/C12H13N5O/c1-8-3-9(5-14-4-8)16-12(18)10-6-15-7-11(13-2)17-10/h3-7H,1-2H3,(H,13,17)(H,16,18). The second kappa shape index (κ2) is 5.22. The Morgan fingerprint density at radius 2 is 1.94 bits per heavy atom. The molecule has 0 saturated heterocycles. The van der Waals surface area contributed by atoms with Crippen LogP contribution in [0.3, 0.4) is 0 Å². The number of anilines is 2. The van der Waals surface area contributed by atoms with E-state index < -0.39 is 0 Å². The van der Waals surface area contributed by atoms with E-state index in [9.17, 15) is 4.79 Å². The Hall–Kier alpha value is -2.50. The molecule has 18 heavy (non-hydrogen) atoms. The van der Waals surface area contributed by atoms with Gasteiger partial charge in [-0.1, -0.05) is 0 Å². The van der Waals surface area contributed by atoms with Gasteiger partial charge in [0.15, 0.2) is 0 Å². The van der Waals surface area contributed by atoms with E-state index in [2.05, 4.69) is 25.6 Å². The van der Waals surface area contributed by atoms with Crippen molar-refractivity contribution in [3.8, 4) is 0 Å². The summed E-state index contributed by atoms with van der Waals surface area (Å²) in [5.74, 6) is 0.233. The van der Waals surface area contributed by atoms with Crippen molar-refractivity contribution in [2.45, 2.75) is 6.92 Å². The number of amides is 1. The topological polar surface area (TPSA) is 79.8 Å². The third-order valence-electron chi connectivity index (χ3n) is 2.26. The molecule has 0 bridgehead atoms. The summed E-state index contributed by atoms with van der Waals surface area (Å²) >= 11 is 0. The van der Waals surface area contributed by atoms with Crippen LogP contribution in [0.15, 0.2) is 30.9 Å². The van der Waals surface area contributed by atoms with Gasteiger partial charge in [0.05, 0.1) is 24.3 Å². The van der Waals surface area contributed by atoms with E-state index in [0.717, 1.165) is 5.56 Å².